The van der Waals surface area contributed by atoms with Crippen molar-refractivity contribution in [3.05, 3.63) is 59.2 Å². The maximum absolute atomic E-state index is 12.7. The van der Waals surface area contributed by atoms with Gasteiger partial charge in [-0.2, -0.15) is 4.31 Å². The van der Waals surface area contributed by atoms with Gasteiger partial charge in [-0.3, -0.25) is 4.79 Å². The monoisotopic (exact) mass is 374 g/mol. The molecule has 2 aromatic carbocycles. The van der Waals surface area contributed by atoms with Crippen molar-refractivity contribution in [2.45, 2.75) is 38.5 Å². The van der Waals surface area contributed by atoms with Gasteiger partial charge in [-0.05, 0) is 55.2 Å². The molecular formula is C20H26N2O3S. The summed E-state index contributed by atoms with van der Waals surface area (Å²) in [5.74, 6) is -0.368. The van der Waals surface area contributed by atoms with E-state index in [1.165, 1.54) is 7.05 Å². The van der Waals surface area contributed by atoms with Crippen molar-refractivity contribution in [3.8, 4) is 0 Å². The molecule has 1 N–H and O–H groups in total. The van der Waals surface area contributed by atoms with Gasteiger partial charge in [0.05, 0.1) is 11.4 Å². The third kappa shape index (κ3) is 4.71. The number of hydrogen-bond acceptors (Lipinski definition) is 3. The van der Waals surface area contributed by atoms with Crippen LogP contribution in [0.3, 0.4) is 0 Å². The number of hydrogen-bond donors (Lipinski definition) is 1. The molecule has 0 saturated heterocycles. The number of carbonyl (C=O) groups excluding carboxylic acids is 1. The summed E-state index contributed by atoms with van der Waals surface area (Å²) in [6.07, 6.45) is 1.92. The fraction of sp³-hybridized carbons (Fsp3) is 0.350. The Balaban J connectivity index is 2.08. The smallest absolute Gasteiger partial charge is 0.243 e. The van der Waals surface area contributed by atoms with Crippen LogP contribution in [0.2, 0.25) is 0 Å². The van der Waals surface area contributed by atoms with Gasteiger partial charge < -0.3 is 5.32 Å². The number of benzene rings is 2. The van der Waals surface area contributed by atoms with Gasteiger partial charge in [-0.25, -0.2) is 8.42 Å². The molecule has 0 atom stereocenters. The number of rotatable bonds is 7. The van der Waals surface area contributed by atoms with Crippen molar-refractivity contribution in [3.63, 3.8) is 0 Å². The van der Waals surface area contributed by atoms with Crippen LogP contribution >= 0.6 is 0 Å². The Morgan fingerprint density at radius 2 is 1.73 bits per heavy atom. The number of nitrogens with one attached hydrogen (secondary N) is 1. The van der Waals surface area contributed by atoms with E-state index in [-0.39, 0.29) is 17.3 Å². The summed E-state index contributed by atoms with van der Waals surface area (Å²) in [4.78, 5) is 12.5. The van der Waals surface area contributed by atoms with E-state index >= 15 is 0 Å². The lowest BCUT2D eigenvalue weighted by Gasteiger charge is -2.18. The molecule has 26 heavy (non-hydrogen) atoms. The Labute approximate surface area is 156 Å². The molecule has 0 spiro atoms. The second kappa shape index (κ2) is 8.47. The molecule has 0 bridgehead atoms. The lowest BCUT2D eigenvalue weighted by atomic mass is 10.1. The molecule has 0 heterocycles. The maximum Gasteiger partial charge on any atom is 0.243 e. The summed E-state index contributed by atoms with van der Waals surface area (Å²) in [7, 11) is -2.29. The minimum absolute atomic E-state index is 0.194. The van der Waals surface area contributed by atoms with Gasteiger partial charge in [-0.15, -0.1) is 0 Å². The van der Waals surface area contributed by atoms with Gasteiger partial charge in [-0.1, -0.05) is 37.6 Å². The normalized spacial score (nSPS) is 11.6. The minimum atomic E-state index is -3.70. The summed E-state index contributed by atoms with van der Waals surface area (Å²) in [6.45, 7) is 5.71. The van der Waals surface area contributed by atoms with Gasteiger partial charge in [0.15, 0.2) is 0 Å². The van der Waals surface area contributed by atoms with Crippen LogP contribution in [0.1, 0.15) is 30.0 Å². The highest BCUT2D eigenvalue weighted by molar-refractivity contribution is 7.89. The molecule has 2 aromatic rings. The molecule has 5 nitrogen and oxygen atoms in total. The number of nitrogens with zero attached hydrogens (tertiary/aromatic N) is 1. The lowest BCUT2D eigenvalue weighted by Crippen LogP contribution is -2.35. The van der Waals surface area contributed by atoms with Crippen LogP contribution in [0.15, 0.2) is 47.4 Å². The Bertz CT molecular complexity index is 874. The van der Waals surface area contributed by atoms with Crippen LogP contribution in [0.25, 0.3) is 0 Å². The highest BCUT2D eigenvalue weighted by atomic mass is 32.2. The van der Waals surface area contributed by atoms with Crippen LogP contribution in [0.4, 0.5) is 5.69 Å². The molecule has 1 amide bonds. The molecule has 140 valence electrons. The van der Waals surface area contributed by atoms with E-state index < -0.39 is 10.0 Å². The molecule has 0 fully saturated rings. The van der Waals surface area contributed by atoms with Crippen LogP contribution in [-0.2, 0) is 21.2 Å². The Hall–Kier alpha value is -2.18. The summed E-state index contributed by atoms with van der Waals surface area (Å²) in [5.41, 5.74) is 3.83. The molecule has 0 aromatic heterocycles. The van der Waals surface area contributed by atoms with Gasteiger partial charge in [0.2, 0.25) is 15.9 Å². The second-order valence-corrected chi connectivity index (χ2v) is 8.50. The highest BCUT2D eigenvalue weighted by Crippen LogP contribution is 2.19. The Morgan fingerprint density at radius 1 is 1.08 bits per heavy atom. The fourth-order valence-electron chi connectivity index (χ4n) is 2.66. The van der Waals surface area contributed by atoms with Crippen molar-refractivity contribution < 1.29 is 13.2 Å². The molecular weight excluding hydrogens is 348 g/mol. The summed E-state index contributed by atoms with van der Waals surface area (Å²) in [5, 5.41) is 2.79. The fourth-order valence-corrected chi connectivity index (χ4v) is 3.79. The van der Waals surface area contributed by atoms with Crippen molar-refractivity contribution in [1.82, 2.24) is 4.31 Å². The van der Waals surface area contributed by atoms with Crippen molar-refractivity contribution in [2.75, 3.05) is 18.9 Å². The largest absolute Gasteiger partial charge is 0.325 e. The maximum atomic E-state index is 12.7. The van der Waals surface area contributed by atoms with Gasteiger partial charge in [0, 0.05) is 12.7 Å². The molecule has 6 heteroatoms. The van der Waals surface area contributed by atoms with Crippen LogP contribution < -0.4 is 5.32 Å². The average Bonchev–Trinajstić information content (AvgIpc) is 2.59. The van der Waals surface area contributed by atoms with Crippen LogP contribution in [0.5, 0.6) is 0 Å². The van der Waals surface area contributed by atoms with Gasteiger partial charge in [0.1, 0.15) is 0 Å². The number of anilines is 1. The first-order chi connectivity index (χ1) is 12.3. The average molecular weight is 375 g/mol. The van der Waals surface area contributed by atoms with E-state index in [1.807, 2.05) is 38.1 Å². The number of likely N-dealkylation sites (N-methyl/N-ethyl adjacent to an activating group) is 1. The minimum Gasteiger partial charge on any atom is -0.325 e. The number of sulfonamides is 1. The van der Waals surface area contributed by atoms with E-state index in [9.17, 15) is 13.2 Å². The van der Waals surface area contributed by atoms with Crippen LogP contribution in [0, 0.1) is 13.8 Å². The van der Waals surface area contributed by atoms with Gasteiger partial charge in [0.25, 0.3) is 0 Å². The molecule has 0 aliphatic carbocycles. The molecule has 0 radical (unpaired) electrons. The molecule has 0 aliphatic heterocycles. The molecule has 0 aliphatic rings. The Morgan fingerprint density at radius 3 is 2.35 bits per heavy atom. The Kier molecular flexibility index (Phi) is 6.56. The topological polar surface area (TPSA) is 66.5 Å². The predicted molar refractivity (Wildman–Crippen MR) is 105 cm³/mol. The van der Waals surface area contributed by atoms with Crippen LogP contribution in [-0.4, -0.2) is 32.2 Å². The van der Waals surface area contributed by atoms with Crippen molar-refractivity contribution in [1.29, 1.82) is 0 Å². The highest BCUT2D eigenvalue weighted by Gasteiger charge is 2.23. The van der Waals surface area contributed by atoms with Gasteiger partial charge >= 0.3 is 0 Å². The number of aryl methyl sites for hydroxylation is 2. The SMILES string of the molecule is CCCc1ccc(S(=O)(=O)N(C)CC(=O)Nc2cccc(C)c2C)cc1. The first-order valence-electron chi connectivity index (χ1n) is 8.67. The zero-order chi connectivity index (χ0) is 19.3. The van der Waals surface area contributed by atoms with E-state index in [0.29, 0.717) is 5.69 Å². The van der Waals surface area contributed by atoms with E-state index in [0.717, 1.165) is 33.8 Å². The zero-order valence-corrected chi connectivity index (χ0v) is 16.6. The number of amides is 1. The van der Waals surface area contributed by atoms with Crippen molar-refractivity contribution in [2.24, 2.45) is 0 Å². The quantitative estimate of drug-likeness (QED) is 0.806. The third-order valence-electron chi connectivity index (χ3n) is 4.42. The predicted octanol–water partition coefficient (Wildman–Crippen LogP) is 3.52. The van der Waals surface area contributed by atoms with Crippen molar-refractivity contribution >= 4 is 21.6 Å². The van der Waals surface area contributed by atoms with E-state index in [1.54, 1.807) is 18.2 Å². The first kappa shape index (κ1) is 20.1. The lowest BCUT2D eigenvalue weighted by molar-refractivity contribution is -0.116. The summed E-state index contributed by atoms with van der Waals surface area (Å²) in [6, 6.07) is 12.5. The summed E-state index contributed by atoms with van der Waals surface area (Å²) >= 11 is 0. The van der Waals surface area contributed by atoms with E-state index in [4.69, 9.17) is 0 Å². The standard InChI is InChI=1S/C20H26N2O3S/c1-5-7-17-10-12-18(13-11-17)26(24,25)22(4)14-20(23)21-19-9-6-8-15(2)16(19)3/h6,8-13H,5,7,14H2,1-4H3,(H,21,23). The molecule has 0 saturated carbocycles. The summed E-state index contributed by atoms with van der Waals surface area (Å²) < 4.78 is 26.4. The second-order valence-electron chi connectivity index (χ2n) is 6.45. The first-order valence-corrected chi connectivity index (χ1v) is 10.1. The van der Waals surface area contributed by atoms with E-state index in [2.05, 4.69) is 12.2 Å². The molecule has 0 unspecified atom stereocenters. The zero-order valence-electron chi connectivity index (χ0n) is 15.7. The molecule has 2 rings (SSSR count). The third-order valence-corrected chi connectivity index (χ3v) is 6.23. The number of carbonyl (C=O) groups is 1.